The molecule has 1 aliphatic heterocycles. The standard InChI is InChI=1S/C12H17BrClN3OS.ClH/c1-16(7-9-6-10(13)12(14)19-9)8-11(18)17-4-2-15-3-5-17;/h6,15H,2-5,7-8H2,1H3;1H. The highest BCUT2D eigenvalue weighted by Gasteiger charge is 2.18. The van der Waals surface area contributed by atoms with E-state index in [-0.39, 0.29) is 18.3 Å². The van der Waals surface area contributed by atoms with Crippen LogP contribution in [-0.2, 0) is 11.3 Å². The van der Waals surface area contributed by atoms with E-state index in [4.69, 9.17) is 11.6 Å². The van der Waals surface area contributed by atoms with Crippen molar-refractivity contribution in [3.05, 3.63) is 19.8 Å². The molecule has 0 aliphatic carbocycles. The second kappa shape index (κ2) is 8.56. The molecule has 0 aromatic carbocycles. The van der Waals surface area contributed by atoms with Crippen molar-refractivity contribution in [2.45, 2.75) is 6.54 Å². The lowest BCUT2D eigenvalue weighted by Crippen LogP contribution is -2.49. The van der Waals surface area contributed by atoms with Crippen molar-refractivity contribution in [1.82, 2.24) is 15.1 Å². The van der Waals surface area contributed by atoms with E-state index >= 15 is 0 Å². The first kappa shape index (κ1) is 18.2. The number of amides is 1. The molecule has 1 N–H and O–H groups in total. The minimum absolute atomic E-state index is 0. The van der Waals surface area contributed by atoms with E-state index < -0.39 is 0 Å². The lowest BCUT2D eigenvalue weighted by Gasteiger charge is -2.29. The summed E-state index contributed by atoms with van der Waals surface area (Å²) in [5, 5.41) is 3.25. The normalized spacial score (nSPS) is 15.3. The summed E-state index contributed by atoms with van der Waals surface area (Å²) in [5.41, 5.74) is 0. The third-order valence-electron chi connectivity index (χ3n) is 3.00. The lowest BCUT2D eigenvalue weighted by atomic mass is 10.3. The number of rotatable bonds is 4. The summed E-state index contributed by atoms with van der Waals surface area (Å²) >= 11 is 11.0. The highest BCUT2D eigenvalue weighted by Crippen LogP contribution is 2.32. The molecule has 2 heterocycles. The van der Waals surface area contributed by atoms with Crippen LogP contribution < -0.4 is 5.32 Å². The van der Waals surface area contributed by atoms with Gasteiger partial charge in [-0.3, -0.25) is 9.69 Å². The van der Waals surface area contributed by atoms with Crippen LogP contribution in [0.15, 0.2) is 10.5 Å². The zero-order chi connectivity index (χ0) is 13.8. The first-order valence-electron chi connectivity index (χ1n) is 6.17. The van der Waals surface area contributed by atoms with Gasteiger partial charge in [0, 0.05) is 42.1 Å². The summed E-state index contributed by atoms with van der Waals surface area (Å²) in [4.78, 5) is 17.2. The predicted octanol–water partition coefficient (Wildman–Crippen LogP) is 2.45. The third kappa shape index (κ3) is 5.16. The van der Waals surface area contributed by atoms with Gasteiger partial charge in [-0.2, -0.15) is 0 Å². The molecule has 1 aromatic rings. The average molecular weight is 403 g/mol. The van der Waals surface area contributed by atoms with Crippen LogP contribution in [0.25, 0.3) is 0 Å². The minimum atomic E-state index is 0. The van der Waals surface area contributed by atoms with Crippen molar-refractivity contribution in [3.63, 3.8) is 0 Å². The van der Waals surface area contributed by atoms with Crippen LogP contribution in [0.1, 0.15) is 4.88 Å². The second-order valence-corrected chi connectivity index (χ2v) is 7.23. The Morgan fingerprint density at radius 3 is 2.75 bits per heavy atom. The lowest BCUT2D eigenvalue weighted by molar-refractivity contribution is -0.132. The molecule has 0 spiro atoms. The maximum absolute atomic E-state index is 12.1. The van der Waals surface area contributed by atoms with Crippen molar-refractivity contribution in [3.8, 4) is 0 Å². The van der Waals surface area contributed by atoms with Gasteiger partial charge in [-0.1, -0.05) is 11.6 Å². The Labute approximate surface area is 143 Å². The monoisotopic (exact) mass is 401 g/mol. The number of hydrogen-bond donors (Lipinski definition) is 1. The number of nitrogens with zero attached hydrogens (tertiary/aromatic N) is 2. The third-order valence-corrected chi connectivity index (χ3v) is 5.46. The Morgan fingerprint density at radius 1 is 1.55 bits per heavy atom. The van der Waals surface area contributed by atoms with E-state index in [1.165, 1.54) is 0 Å². The van der Waals surface area contributed by atoms with Crippen molar-refractivity contribution in [2.75, 3.05) is 39.8 Å². The molecule has 20 heavy (non-hydrogen) atoms. The van der Waals surface area contributed by atoms with E-state index in [1.54, 1.807) is 11.3 Å². The number of hydrogen-bond acceptors (Lipinski definition) is 4. The number of carbonyl (C=O) groups excluding carboxylic acids is 1. The summed E-state index contributed by atoms with van der Waals surface area (Å²) in [6.45, 7) is 4.60. The molecule has 1 aliphatic rings. The molecular formula is C12H18BrCl2N3OS. The van der Waals surface area contributed by atoms with Gasteiger partial charge < -0.3 is 10.2 Å². The fraction of sp³-hybridized carbons (Fsp3) is 0.583. The number of piperazine rings is 1. The van der Waals surface area contributed by atoms with Crippen molar-refractivity contribution in [2.24, 2.45) is 0 Å². The fourth-order valence-corrected chi connectivity index (χ4v) is 3.91. The summed E-state index contributed by atoms with van der Waals surface area (Å²) in [7, 11) is 1.96. The topological polar surface area (TPSA) is 35.6 Å². The minimum Gasteiger partial charge on any atom is -0.339 e. The molecule has 114 valence electrons. The van der Waals surface area contributed by atoms with Crippen LogP contribution in [-0.4, -0.2) is 55.5 Å². The van der Waals surface area contributed by atoms with Crippen molar-refractivity contribution >= 4 is 57.2 Å². The molecule has 1 fully saturated rings. The van der Waals surface area contributed by atoms with Crippen LogP contribution in [0.5, 0.6) is 0 Å². The van der Waals surface area contributed by atoms with Gasteiger partial charge in [0.05, 0.1) is 6.54 Å². The van der Waals surface area contributed by atoms with Gasteiger partial charge in [0.2, 0.25) is 5.91 Å². The van der Waals surface area contributed by atoms with Crippen LogP contribution in [0.2, 0.25) is 4.34 Å². The van der Waals surface area contributed by atoms with Gasteiger partial charge in [-0.25, -0.2) is 0 Å². The molecule has 1 saturated heterocycles. The Balaban J connectivity index is 0.00000200. The first-order valence-corrected chi connectivity index (χ1v) is 8.16. The summed E-state index contributed by atoms with van der Waals surface area (Å²) in [5.74, 6) is 0.200. The largest absolute Gasteiger partial charge is 0.339 e. The quantitative estimate of drug-likeness (QED) is 0.840. The van der Waals surface area contributed by atoms with E-state index in [9.17, 15) is 4.79 Å². The van der Waals surface area contributed by atoms with Gasteiger partial charge >= 0.3 is 0 Å². The Kier molecular flexibility index (Phi) is 7.79. The van der Waals surface area contributed by atoms with Gasteiger partial charge in [-0.15, -0.1) is 23.7 Å². The zero-order valence-electron chi connectivity index (χ0n) is 11.2. The Hall–Kier alpha value is 0.150. The second-order valence-electron chi connectivity index (χ2n) is 4.64. The molecule has 1 aromatic heterocycles. The number of nitrogens with one attached hydrogen (secondary N) is 1. The maximum atomic E-state index is 12.1. The summed E-state index contributed by atoms with van der Waals surface area (Å²) in [6, 6.07) is 2.01. The molecule has 1 amide bonds. The average Bonchev–Trinajstić information content (AvgIpc) is 2.69. The number of likely N-dealkylation sites (N-methyl/N-ethyl adjacent to an activating group) is 1. The molecule has 8 heteroatoms. The first-order chi connectivity index (χ1) is 9.06. The number of halogens is 3. The highest BCUT2D eigenvalue weighted by molar-refractivity contribution is 9.10. The van der Waals surface area contributed by atoms with Gasteiger partial charge in [-0.05, 0) is 29.0 Å². The van der Waals surface area contributed by atoms with Gasteiger partial charge in [0.25, 0.3) is 0 Å². The van der Waals surface area contributed by atoms with Gasteiger partial charge in [0.15, 0.2) is 0 Å². The molecule has 2 rings (SSSR count). The van der Waals surface area contributed by atoms with E-state index in [0.717, 1.165) is 46.4 Å². The Bertz CT molecular complexity index is 432. The maximum Gasteiger partial charge on any atom is 0.236 e. The van der Waals surface area contributed by atoms with Crippen molar-refractivity contribution in [1.29, 1.82) is 0 Å². The summed E-state index contributed by atoms with van der Waals surface area (Å²) < 4.78 is 1.69. The molecule has 0 saturated carbocycles. The summed E-state index contributed by atoms with van der Waals surface area (Å²) in [6.07, 6.45) is 0. The van der Waals surface area contributed by atoms with Crippen LogP contribution in [0.4, 0.5) is 0 Å². The zero-order valence-corrected chi connectivity index (χ0v) is 15.2. The van der Waals surface area contributed by atoms with Crippen LogP contribution in [0.3, 0.4) is 0 Å². The number of carbonyl (C=O) groups is 1. The predicted molar refractivity (Wildman–Crippen MR) is 90.1 cm³/mol. The van der Waals surface area contributed by atoms with Crippen molar-refractivity contribution < 1.29 is 4.79 Å². The number of thiophene rings is 1. The van der Waals surface area contributed by atoms with E-state index in [2.05, 4.69) is 21.2 Å². The van der Waals surface area contributed by atoms with Gasteiger partial charge in [0.1, 0.15) is 4.34 Å². The molecule has 0 bridgehead atoms. The van der Waals surface area contributed by atoms with Crippen LogP contribution >= 0.6 is 51.3 Å². The Morgan fingerprint density at radius 2 is 2.20 bits per heavy atom. The highest BCUT2D eigenvalue weighted by atomic mass is 79.9. The molecule has 4 nitrogen and oxygen atoms in total. The molecule has 0 atom stereocenters. The van der Waals surface area contributed by atoms with E-state index in [0.29, 0.717) is 6.54 Å². The smallest absolute Gasteiger partial charge is 0.236 e. The molecular weight excluding hydrogens is 385 g/mol. The molecule has 0 radical (unpaired) electrons. The fourth-order valence-electron chi connectivity index (χ4n) is 2.04. The molecule has 0 unspecified atom stereocenters. The van der Waals surface area contributed by atoms with Crippen LogP contribution in [0, 0.1) is 0 Å². The SMILES string of the molecule is CN(CC(=O)N1CCNCC1)Cc1cc(Br)c(Cl)s1.Cl. The van der Waals surface area contributed by atoms with E-state index in [1.807, 2.05) is 22.9 Å².